The van der Waals surface area contributed by atoms with Crippen molar-refractivity contribution in [3.05, 3.63) is 76.2 Å². The summed E-state index contributed by atoms with van der Waals surface area (Å²) in [6.45, 7) is 0.204. The number of aromatic amines is 1. The molecule has 0 bridgehead atoms. The molecule has 0 fully saturated rings. The third kappa shape index (κ3) is 3.31. The van der Waals surface area contributed by atoms with Crippen molar-refractivity contribution in [2.45, 2.75) is 6.54 Å². The Bertz CT molecular complexity index is 1330. The first kappa shape index (κ1) is 18.3. The van der Waals surface area contributed by atoms with Gasteiger partial charge in [-0.15, -0.1) is 0 Å². The number of nitriles is 1. The van der Waals surface area contributed by atoms with Crippen LogP contribution in [0.4, 0.5) is 0 Å². The second-order valence-corrected chi connectivity index (χ2v) is 6.44. The van der Waals surface area contributed by atoms with Gasteiger partial charge in [-0.05, 0) is 29.8 Å². The zero-order valence-electron chi connectivity index (χ0n) is 15.6. The second-order valence-electron chi connectivity index (χ2n) is 6.44. The number of nitrogens with zero attached hydrogens (tertiary/aromatic N) is 5. The molecule has 4 rings (SSSR count). The van der Waals surface area contributed by atoms with E-state index in [1.54, 1.807) is 41.5 Å². The molecule has 3 aromatic heterocycles. The van der Waals surface area contributed by atoms with Crippen LogP contribution in [0.15, 0.2) is 53.7 Å². The van der Waals surface area contributed by atoms with Gasteiger partial charge in [0.25, 0.3) is 5.56 Å². The lowest BCUT2D eigenvalue weighted by atomic mass is 10.00. The Labute approximate surface area is 165 Å². The van der Waals surface area contributed by atoms with Gasteiger partial charge in [0.15, 0.2) is 0 Å². The molecule has 3 N–H and O–H groups in total. The van der Waals surface area contributed by atoms with Crippen molar-refractivity contribution < 1.29 is 0 Å². The first-order valence-electron chi connectivity index (χ1n) is 8.88. The number of benzene rings is 1. The van der Waals surface area contributed by atoms with E-state index in [0.29, 0.717) is 22.0 Å². The van der Waals surface area contributed by atoms with Crippen molar-refractivity contribution >= 4 is 22.4 Å². The van der Waals surface area contributed by atoms with Crippen LogP contribution in [0.2, 0.25) is 0 Å². The molecule has 8 heteroatoms. The summed E-state index contributed by atoms with van der Waals surface area (Å²) in [7, 11) is 1.81. The molecular weight excluding hydrogens is 366 g/mol. The van der Waals surface area contributed by atoms with Crippen LogP contribution in [0.3, 0.4) is 0 Å². The highest BCUT2D eigenvalue weighted by molar-refractivity contribution is 5.94. The lowest BCUT2D eigenvalue weighted by Crippen LogP contribution is -2.13. The maximum atomic E-state index is 12.1. The molecule has 4 aromatic rings. The number of pyridine rings is 1. The van der Waals surface area contributed by atoms with Gasteiger partial charge in [-0.1, -0.05) is 12.1 Å². The smallest absolute Gasteiger partial charge is 0.272 e. The Morgan fingerprint density at radius 1 is 1.31 bits per heavy atom. The second kappa shape index (κ2) is 7.50. The molecule has 0 amide bonds. The maximum Gasteiger partial charge on any atom is 0.272 e. The fourth-order valence-electron chi connectivity index (χ4n) is 3.22. The van der Waals surface area contributed by atoms with E-state index >= 15 is 0 Å². The number of nitrogens with two attached hydrogens (primary N) is 1. The van der Waals surface area contributed by atoms with E-state index in [4.69, 9.17) is 5.73 Å². The predicted octanol–water partition coefficient (Wildman–Crippen LogP) is 2.24. The Hall–Kier alpha value is -4.09. The average molecular weight is 383 g/mol. The summed E-state index contributed by atoms with van der Waals surface area (Å²) in [5, 5.41) is 21.7. The molecule has 0 aliphatic carbocycles. The van der Waals surface area contributed by atoms with Crippen LogP contribution in [0.25, 0.3) is 33.5 Å². The molecule has 0 saturated carbocycles. The molecule has 142 valence electrons. The summed E-state index contributed by atoms with van der Waals surface area (Å²) in [5.41, 5.74) is 9.76. The van der Waals surface area contributed by atoms with Crippen molar-refractivity contribution in [1.82, 2.24) is 25.0 Å². The van der Waals surface area contributed by atoms with E-state index in [-0.39, 0.29) is 12.1 Å². The summed E-state index contributed by atoms with van der Waals surface area (Å²) in [6, 6.07) is 11.3. The van der Waals surface area contributed by atoms with Crippen LogP contribution < -0.4 is 11.3 Å². The Kier molecular flexibility index (Phi) is 4.73. The first-order valence-corrected chi connectivity index (χ1v) is 8.88. The Morgan fingerprint density at radius 2 is 2.17 bits per heavy atom. The molecule has 0 radical (unpaired) electrons. The lowest BCUT2D eigenvalue weighted by Gasteiger charge is -2.07. The largest absolute Gasteiger partial charge is 0.325 e. The van der Waals surface area contributed by atoms with E-state index in [0.717, 1.165) is 22.4 Å². The van der Waals surface area contributed by atoms with Gasteiger partial charge in [0.05, 0.1) is 34.6 Å². The summed E-state index contributed by atoms with van der Waals surface area (Å²) < 4.78 is 1.70. The van der Waals surface area contributed by atoms with Crippen LogP contribution in [0.1, 0.15) is 17.0 Å². The van der Waals surface area contributed by atoms with Gasteiger partial charge in [-0.25, -0.2) is 5.10 Å². The number of aromatic nitrogens is 5. The number of hydrogen-bond acceptors (Lipinski definition) is 6. The molecule has 8 nitrogen and oxygen atoms in total. The number of nitrogens with one attached hydrogen (secondary N) is 1. The molecular formula is C21H17N7O. The van der Waals surface area contributed by atoms with Crippen molar-refractivity contribution in [1.29, 1.82) is 5.26 Å². The van der Waals surface area contributed by atoms with Gasteiger partial charge in [0.1, 0.15) is 0 Å². The van der Waals surface area contributed by atoms with E-state index in [2.05, 4.69) is 26.3 Å². The van der Waals surface area contributed by atoms with Crippen molar-refractivity contribution in [2.75, 3.05) is 0 Å². The highest BCUT2D eigenvalue weighted by Gasteiger charge is 2.13. The quantitative estimate of drug-likeness (QED) is 0.521. The highest BCUT2D eigenvalue weighted by atomic mass is 16.1. The first-order chi connectivity index (χ1) is 14.1. The lowest BCUT2D eigenvalue weighted by molar-refractivity contribution is 0.760. The van der Waals surface area contributed by atoms with E-state index in [1.807, 2.05) is 25.2 Å². The fourth-order valence-corrected chi connectivity index (χ4v) is 3.22. The van der Waals surface area contributed by atoms with Gasteiger partial charge in [0.2, 0.25) is 0 Å². The molecule has 3 heterocycles. The topological polar surface area (TPSA) is 126 Å². The summed E-state index contributed by atoms with van der Waals surface area (Å²) in [5.74, 6) is 0. The standard InChI is InChI=1S/C21H17N7O/c1-28-20(8-15(9-22)14-3-2-6-24-11-14)18(12-25-28)13-4-5-16-17(7-13)19(10-23)26-27-21(16)29/h2-8,11-12H,10,23H2,1H3,(H,27,29)/b15-8+. The zero-order valence-corrected chi connectivity index (χ0v) is 15.6. The average Bonchev–Trinajstić information content (AvgIpc) is 3.12. The molecule has 0 unspecified atom stereocenters. The van der Waals surface area contributed by atoms with Gasteiger partial charge in [-0.2, -0.15) is 15.5 Å². The number of aryl methyl sites for hydroxylation is 1. The van der Waals surface area contributed by atoms with Crippen molar-refractivity contribution in [3.8, 4) is 17.2 Å². The summed E-state index contributed by atoms with van der Waals surface area (Å²) in [6.07, 6.45) is 6.82. The minimum atomic E-state index is -0.265. The minimum Gasteiger partial charge on any atom is -0.325 e. The third-order valence-electron chi connectivity index (χ3n) is 4.73. The molecule has 0 aliphatic heterocycles. The minimum absolute atomic E-state index is 0.204. The van der Waals surface area contributed by atoms with Gasteiger partial charge in [0, 0.05) is 42.5 Å². The van der Waals surface area contributed by atoms with E-state index < -0.39 is 0 Å². The molecule has 0 aliphatic rings. The summed E-state index contributed by atoms with van der Waals surface area (Å²) in [4.78, 5) is 16.2. The number of H-pyrrole nitrogens is 1. The molecule has 0 atom stereocenters. The molecule has 0 spiro atoms. The van der Waals surface area contributed by atoms with Crippen LogP contribution in [-0.2, 0) is 13.6 Å². The van der Waals surface area contributed by atoms with Crippen molar-refractivity contribution in [2.24, 2.45) is 12.8 Å². The highest BCUT2D eigenvalue weighted by Crippen LogP contribution is 2.29. The van der Waals surface area contributed by atoms with Gasteiger partial charge in [-0.3, -0.25) is 14.5 Å². The van der Waals surface area contributed by atoms with Gasteiger partial charge < -0.3 is 5.73 Å². The predicted molar refractivity (Wildman–Crippen MR) is 110 cm³/mol. The van der Waals surface area contributed by atoms with Crippen LogP contribution in [-0.4, -0.2) is 25.0 Å². The normalized spacial score (nSPS) is 11.6. The maximum absolute atomic E-state index is 12.1. The fraction of sp³-hybridized carbons (Fsp3) is 0.0952. The monoisotopic (exact) mass is 383 g/mol. The number of allylic oxidation sites excluding steroid dienone is 1. The molecule has 29 heavy (non-hydrogen) atoms. The zero-order chi connectivity index (χ0) is 20.4. The van der Waals surface area contributed by atoms with Crippen LogP contribution in [0.5, 0.6) is 0 Å². The SMILES string of the molecule is Cn1ncc(-c2ccc3c(=O)[nH]nc(CN)c3c2)c1/C=C(\C#N)c1cccnc1. The molecule has 1 aromatic carbocycles. The number of hydrogen-bond donors (Lipinski definition) is 2. The van der Waals surface area contributed by atoms with Crippen LogP contribution in [0, 0.1) is 11.3 Å². The van der Waals surface area contributed by atoms with Gasteiger partial charge >= 0.3 is 0 Å². The van der Waals surface area contributed by atoms with E-state index in [1.165, 1.54) is 0 Å². The van der Waals surface area contributed by atoms with Crippen LogP contribution >= 0.6 is 0 Å². The third-order valence-corrected chi connectivity index (χ3v) is 4.73. The Morgan fingerprint density at radius 3 is 2.90 bits per heavy atom. The summed E-state index contributed by atoms with van der Waals surface area (Å²) >= 11 is 0. The Balaban J connectivity index is 1.89. The number of fused-ring (bicyclic) bond motifs is 1. The molecule has 0 saturated heterocycles. The number of rotatable bonds is 4. The van der Waals surface area contributed by atoms with E-state index in [9.17, 15) is 10.1 Å². The van der Waals surface area contributed by atoms with Crippen molar-refractivity contribution in [3.63, 3.8) is 0 Å².